The third-order valence-electron chi connectivity index (χ3n) is 2.41. The Morgan fingerprint density at radius 3 is 2.71 bits per heavy atom. The first-order valence-electron chi connectivity index (χ1n) is 5.57. The number of phenolic OH excluding ortho intramolecular Hbond substituents is 1. The molecule has 0 unspecified atom stereocenters. The Morgan fingerprint density at radius 2 is 2.00 bits per heavy atom. The van der Waals surface area contributed by atoms with E-state index in [0.29, 0.717) is 24.7 Å². The highest BCUT2D eigenvalue weighted by Gasteiger charge is 2.06. The second-order valence-corrected chi connectivity index (χ2v) is 3.84. The number of nitrogens with two attached hydrogens (primary N) is 1. The lowest BCUT2D eigenvalue weighted by atomic mass is 10.1. The highest BCUT2D eigenvalue weighted by molar-refractivity contribution is 5.27. The lowest BCUT2D eigenvalue weighted by molar-refractivity contribution is 0.379. The second kappa shape index (κ2) is 5.45. The van der Waals surface area contributed by atoms with Gasteiger partial charge >= 0.3 is 0 Å². The van der Waals surface area contributed by atoms with Crippen molar-refractivity contribution in [2.24, 2.45) is 5.73 Å². The number of hydrogen-bond donors (Lipinski definition) is 2. The molecule has 0 fully saturated rings. The van der Waals surface area contributed by atoms with Crippen LogP contribution < -0.4 is 5.73 Å². The van der Waals surface area contributed by atoms with E-state index in [1.165, 1.54) is 0 Å². The van der Waals surface area contributed by atoms with Crippen LogP contribution >= 0.6 is 0 Å². The lowest BCUT2D eigenvalue weighted by Gasteiger charge is -1.96. The van der Waals surface area contributed by atoms with Crippen LogP contribution in [0.1, 0.15) is 23.7 Å². The molecule has 0 saturated carbocycles. The van der Waals surface area contributed by atoms with Crippen molar-refractivity contribution in [3.05, 3.63) is 41.5 Å². The number of aromatic nitrogens is 2. The Labute approximate surface area is 99.3 Å². The molecule has 0 amide bonds. The van der Waals surface area contributed by atoms with Crippen molar-refractivity contribution in [3.63, 3.8) is 0 Å². The maximum Gasteiger partial charge on any atom is 0.231 e. The zero-order valence-electron chi connectivity index (χ0n) is 9.47. The number of aromatic hydroxyl groups is 1. The third kappa shape index (κ3) is 3.29. The van der Waals surface area contributed by atoms with Gasteiger partial charge in [-0.1, -0.05) is 17.3 Å². The van der Waals surface area contributed by atoms with Gasteiger partial charge in [0.25, 0.3) is 0 Å². The summed E-state index contributed by atoms with van der Waals surface area (Å²) in [5, 5.41) is 13.0. The van der Waals surface area contributed by atoms with Gasteiger partial charge in [0.1, 0.15) is 5.75 Å². The van der Waals surface area contributed by atoms with Crippen LogP contribution in [0.15, 0.2) is 28.8 Å². The van der Waals surface area contributed by atoms with Gasteiger partial charge in [0, 0.05) is 6.42 Å². The number of phenols is 1. The summed E-state index contributed by atoms with van der Waals surface area (Å²) in [5.41, 5.74) is 6.44. The molecule has 90 valence electrons. The van der Waals surface area contributed by atoms with Crippen LogP contribution in [0, 0.1) is 0 Å². The Morgan fingerprint density at radius 1 is 1.24 bits per heavy atom. The molecule has 0 aliphatic rings. The molecule has 0 aliphatic heterocycles. The second-order valence-electron chi connectivity index (χ2n) is 3.84. The predicted octanol–water partition coefficient (Wildman–Crippen LogP) is 1.26. The molecule has 0 radical (unpaired) electrons. The van der Waals surface area contributed by atoms with Crippen molar-refractivity contribution in [2.45, 2.75) is 19.3 Å². The van der Waals surface area contributed by atoms with Gasteiger partial charge < -0.3 is 15.4 Å². The van der Waals surface area contributed by atoms with Crippen molar-refractivity contribution in [2.75, 3.05) is 6.54 Å². The summed E-state index contributed by atoms with van der Waals surface area (Å²) < 4.78 is 5.13. The first-order chi connectivity index (χ1) is 8.28. The topological polar surface area (TPSA) is 85.2 Å². The summed E-state index contributed by atoms with van der Waals surface area (Å²) in [6.07, 6.45) is 2.18. The Kier molecular flexibility index (Phi) is 3.72. The molecule has 5 nitrogen and oxygen atoms in total. The number of aryl methyl sites for hydroxylation is 1. The van der Waals surface area contributed by atoms with Crippen LogP contribution in [-0.4, -0.2) is 21.8 Å². The molecule has 0 spiro atoms. The largest absolute Gasteiger partial charge is 0.508 e. The normalized spacial score (nSPS) is 10.6. The van der Waals surface area contributed by atoms with E-state index in [9.17, 15) is 0 Å². The Balaban J connectivity index is 1.98. The van der Waals surface area contributed by atoms with Crippen LogP contribution in [0.2, 0.25) is 0 Å². The molecule has 0 atom stereocenters. The molecule has 17 heavy (non-hydrogen) atoms. The fourth-order valence-electron chi connectivity index (χ4n) is 1.51. The van der Waals surface area contributed by atoms with Crippen LogP contribution in [-0.2, 0) is 12.8 Å². The average Bonchev–Trinajstić information content (AvgIpc) is 2.77. The molecule has 1 heterocycles. The van der Waals surface area contributed by atoms with Crippen molar-refractivity contribution < 1.29 is 9.63 Å². The van der Waals surface area contributed by atoms with Gasteiger partial charge in [-0.3, -0.25) is 0 Å². The molecule has 2 aromatic rings. The van der Waals surface area contributed by atoms with Gasteiger partial charge in [0.2, 0.25) is 5.89 Å². The molecule has 0 aliphatic carbocycles. The molecule has 5 heteroatoms. The predicted molar refractivity (Wildman–Crippen MR) is 62.6 cm³/mol. The summed E-state index contributed by atoms with van der Waals surface area (Å²) in [7, 11) is 0. The van der Waals surface area contributed by atoms with Crippen LogP contribution in [0.25, 0.3) is 0 Å². The average molecular weight is 233 g/mol. The summed E-state index contributed by atoms with van der Waals surface area (Å²) in [6, 6.07) is 6.94. The van der Waals surface area contributed by atoms with Crippen LogP contribution in [0.3, 0.4) is 0 Å². The Hall–Kier alpha value is -1.88. The van der Waals surface area contributed by atoms with Crippen molar-refractivity contribution in [3.8, 4) is 5.75 Å². The van der Waals surface area contributed by atoms with E-state index in [1.54, 1.807) is 12.1 Å². The zero-order valence-corrected chi connectivity index (χ0v) is 9.47. The van der Waals surface area contributed by atoms with E-state index in [2.05, 4.69) is 10.1 Å². The van der Waals surface area contributed by atoms with Gasteiger partial charge in [-0.05, 0) is 30.7 Å². The van der Waals surface area contributed by atoms with Crippen molar-refractivity contribution in [1.82, 2.24) is 10.1 Å². The summed E-state index contributed by atoms with van der Waals surface area (Å²) >= 11 is 0. The minimum Gasteiger partial charge on any atom is -0.508 e. The number of hydrogen-bond acceptors (Lipinski definition) is 5. The van der Waals surface area contributed by atoms with E-state index < -0.39 is 0 Å². The third-order valence-corrected chi connectivity index (χ3v) is 2.41. The summed E-state index contributed by atoms with van der Waals surface area (Å²) in [5.74, 6) is 1.54. The van der Waals surface area contributed by atoms with E-state index in [-0.39, 0.29) is 5.75 Å². The van der Waals surface area contributed by atoms with Crippen LogP contribution in [0.5, 0.6) is 5.75 Å². The Bertz CT molecular complexity index is 465. The SMILES string of the molecule is NCCCc1noc(Cc2ccc(O)cc2)n1. The molecule has 1 aromatic carbocycles. The molecule has 1 aromatic heterocycles. The quantitative estimate of drug-likeness (QED) is 0.812. The van der Waals surface area contributed by atoms with E-state index in [4.69, 9.17) is 15.4 Å². The highest BCUT2D eigenvalue weighted by atomic mass is 16.5. The first kappa shape index (κ1) is 11.6. The summed E-state index contributed by atoms with van der Waals surface area (Å²) in [4.78, 5) is 4.27. The van der Waals surface area contributed by atoms with Gasteiger partial charge in [0.15, 0.2) is 5.82 Å². The lowest BCUT2D eigenvalue weighted by Crippen LogP contribution is -2.01. The standard InChI is InChI=1S/C12H15N3O2/c13-7-1-2-11-14-12(17-15-11)8-9-3-5-10(16)6-4-9/h3-6,16H,1-2,7-8,13H2. The summed E-state index contributed by atoms with van der Waals surface area (Å²) in [6.45, 7) is 0.627. The zero-order chi connectivity index (χ0) is 12.1. The van der Waals surface area contributed by atoms with Crippen LogP contribution in [0.4, 0.5) is 0 Å². The molecule has 0 bridgehead atoms. The minimum absolute atomic E-state index is 0.253. The van der Waals surface area contributed by atoms with E-state index in [1.807, 2.05) is 12.1 Å². The van der Waals surface area contributed by atoms with Gasteiger partial charge in [-0.2, -0.15) is 4.98 Å². The molecular weight excluding hydrogens is 218 g/mol. The monoisotopic (exact) mass is 233 g/mol. The van der Waals surface area contributed by atoms with Crippen molar-refractivity contribution >= 4 is 0 Å². The van der Waals surface area contributed by atoms with E-state index >= 15 is 0 Å². The van der Waals surface area contributed by atoms with Gasteiger partial charge in [-0.15, -0.1) is 0 Å². The maximum atomic E-state index is 9.16. The molecule has 3 N–H and O–H groups in total. The highest BCUT2D eigenvalue weighted by Crippen LogP contribution is 2.13. The molecule has 2 rings (SSSR count). The smallest absolute Gasteiger partial charge is 0.231 e. The van der Waals surface area contributed by atoms with Crippen molar-refractivity contribution in [1.29, 1.82) is 0 Å². The number of nitrogens with zero attached hydrogens (tertiary/aromatic N) is 2. The molecular formula is C12H15N3O2. The fraction of sp³-hybridized carbons (Fsp3) is 0.333. The first-order valence-corrected chi connectivity index (χ1v) is 5.57. The van der Waals surface area contributed by atoms with Gasteiger partial charge in [0.05, 0.1) is 6.42 Å². The van der Waals surface area contributed by atoms with Gasteiger partial charge in [-0.25, -0.2) is 0 Å². The molecule has 0 saturated heterocycles. The fourth-order valence-corrected chi connectivity index (χ4v) is 1.51. The maximum absolute atomic E-state index is 9.16. The number of rotatable bonds is 5. The minimum atomic E-state index is 0.253. The van der Waals surface area contributed by atoms with E-state index in [0.717, 1.165) is 18.4 Å². The number of benzene rings is 1.